The summed E-state index contributed by atoms with van der Waals surface area (Å²) in [6.07, 6.45) is 4.68. The molecule has 0 fully saturated rings. The van der Waals surface area contributed by atoms with Crippen LogP contribution in [0.4, 0.5) is 17.1 Å². The lowest BCUT2D eigenvalue weighted by Crippen LogP contribution is -2.32. The summed E-state index contributed by atoms with van der Waals surface area (Å²) in [4.78, 5) is 10.4. The fourth-order valence-corrected chi connectivity index (χ4v) is 2.34. The summed E-state index contributed by atoms with van der Waals surface area (Å²) in [5.41, 5.74) is 6.14. The van der Waals surface area contributed by atoms with Crippen LogP contribution in [0, 0.1) is 16.0 Å². The van der Waals surface area contributed by atoms with E-state index < -0.39 is 4.92 Å². The Balaban J connectivity index is 2.54. The number of thiocarbonyl (C=S) groups is 1. The van der Waals surface area contributed by atoms with Crippen LogP contribution in [0.25, 0.3) is 0 Å². The standard InChI is InChI=1S/C15H24N4O2S/c1-3-5-6-11(4-2)10-17-15(22)18-12-7-8-13(16)14(9-12)19(20)21/h7-9,11H,3-6,10,16H2,1-2H3,(H2,17,18,22)/t11-/m1/s1. The molecular formula is C15H24N4O2S. The summed E-state index contributed by atoms with van der Waals surface area (Å²) >= 11 is 5.23. The fraction of sp³-hybridized carbons (Fsp3) is 0.533. The van der Waals surface area contributed by atoms with E-state index in [0.717, 1.165) is 13.0 Å². The molecule has 0 unspecified atom stereocenters. The molecule has 0 aliphatic carbocycles. The summed E-state index contributed by atoms with van der Waals surface area (Å²) in [6.45, 7) is 5.15. The van der Waals surface area contributed by atoms with Gasteiger partial charge in [-0.1, -0.05) is 33.1 Å². The molecule has 4 N–H and O–H groups in total. The molecule has 0 radical (unpaired) electrons. The number of nitro benzene ring substituents is 1. The third-order valence-corrected chi connectivity index (χ3v) is 3.83. The van der Waals surface area contributed by atoms with Gasteiger partial charge in [0, 0.05) is 18.3 Å². The Morgan fingerprint density at radius 1 is 1.45 bits per heavy atom. The van der Waals surface area contributed by atoms with Gasteiger partial charge in [0.2, 0.25) is 0 Å². The number of nitrogens with zero attached hydrogens (tertiary/aromatic N) is 1. The van der Waals surface area contributed by atoms with Gasteiger partial charge < -0.3 is 16.4 Å². The Labute approximate surface area is 136 Å². The number of nitrogen functional groups attached to an aromatic ring is 1. The molecule has 0 saturated heterocycles. The predicted molar refractivity (Wildman–Crippen MR) is 95.0 cm³/mol. The Morgan fingerprint density at radius 3 is 2.77 bits per heavy atom. The molecule has 0 aliphatic heterocycles. The highest BCUT2D eigenvalue weighted by Crippen LogP contribution is 2.24. The number of rotatable bonds is 8. The zero-order valence-corrected chi connectivity index (χ0v) is 13.9. The fourth-order valence-electron chi connectivity index (χ4n) is 2.14. The van der Waals surface area contributed by atoms with E-state index in [9.17, 15) is 10.1 Å². The van der Waals surface area contributed by atoms with E-state index in [2.05, 4.69) is 24.5 Å². The van der Waals surface area contributed by atoms with Crippen LogP contribution in [0.2, 0.25) is 0 Å². The number of unbranched alkanes of at least 4 members (excludes halogenated alkanes) is 1. The number of nitro groups is 1. The average Bonchev–Trinajstić information content (AvgIpc) is 2.49. The Bertz CT molecular complexity index is 522. The molecule has 0 spiro atoms. The number of nitrogens with one attached hydrogen (secondary N) is 2. The maximum atomic E-state index is 10.9. The number of hydrogen-bond acceptors (Lipinski definition) is 4. The van der Waals surface area contributed by atoms with E-state index in [0.29, 0.717) is 16.7 Å². The van der Waals surface area contributed by atoms with Crippen molar-refractivity contribution in [2.75, 3.05) is 17.6 Å². The minimum absolute atomic E-state index is 0.123. The van der Waals surface area contributed by atoms with Crippen molar-refractivity contribution in [1.82, 2.24) is 5.32 Å². The van der Waals surface area contributed by atoms with Crippen molar-refractivity contribution in [2.24, 2.45) is 5.92 Å². The molecular weight excluding hydrogens is 300 g/mol. The van der Waals surface area contributed by atoms with E-state index in [1.54, 1.807) is 6.07 Å². The van der Waals surface area contributed by atoms with Crippen LogP contribution < -0.4 is 16.4 Å². The molecule has 22 heavy (non-hydrogen) atoms. The molecule has 0 aromatic heterocycles. The minimum atomic E-state index is -0.505. The van der Waals surface area contributed by atoms with Crippen LogP contribution in [0.1, 0.15) is 39.5 Å². The van der Waals surface area contributed by atoms with Gasteiger partial charge in [0.15, 0.2) is 5.11 Å². The second-order valence-electron chi connectivity index (χ2n) is 5.28. The summed E-state index contributed by atoms with van der Waals surface area (Å²) in [5.74, 6) is 0.584. The van der Waals surface area contributed by atoms with Gasteiger partial charge >= 0.3 is 0 Å². The maximum Gasteiger partial charge on any atom is 0.294 e. The van der Waals surface area contributed by atoms with E-state index >= 15 is 0 Å². The van der Waals surface area contributed by atoms with E-state index in [4.69, 9.17) is 18.0 Å². The van der Waals surface area contributed by atoms with Gasteiger partial charge in [0.05, 0.1) is 4.92 Å². The van der Waals surface area contributed by atoms with Crippen LogP contribution in [0.5, 0.6) is 0 Å². The number of anilines is 2. The first-order valence-corrected chi connectivity index (χ1v) is 7.97. The molecule has 1 aromatic carbocycles. The molecule has 1 rings (SSSR count). The molecule has 122 valence electrons. The first-order valence-electron chi connectivity index (χ1n) is 7.56. The average molecular weight is 324 g/mol. The summed E-state index contributed by atoms with van der Waals surface area (Å²) in [7, 11) is 0. The van der Waals surface area contributed by atoms with Gasteiger partial charge in [-0.2, -0.15) is 0 Å². The van der Waals surface area contributed by atoms with Crippen molar-refractivity contribution in [3.8, 4) is 0 Å². The zero-order valence-electron chi connectivity index (χ0n) is 13.1. The zero-order chi connectivity index (χ0) is 16.5. The molecule has 6 nitrogen and oxygen atoms in total. The number of hydrogen-bond donors (Lipinski definition) is 3. The van der Waals surface area contributed by atoms with Gasteiger partial charge in [-0.15, -0.1) is 0 Å². The van der Waals surface area contributed by atoms with Crippen LogP contribution in [0.3, 0.4) is 0 Å². The van der Waals surface area contributed by atoms with Crippen LogP contribution in [-0.2, 0) is 0 Å². The quantitative estimate of drug-likeness (QED) is 0.292. The van der Waals surface area contributed by atoms with Gasteiger partial charge in [0.25, 0.3) is 5.69 Å². The van der Waals surface area contributed by atoms with E-state index in [1.165, 1.54) is 31.4 Å². The normalized spacial score (nSPS) is 11.7. The topological polar surface area (TPSA) is 93.2 Å². The second kappa shape index (κ2) is 9.19. The highest BCUT2D eigenvalue weighted by Gasteiger charge is 2.12. The molecule has 7 heteroatoms. The Kier molecular flexibility index (Phi) is 7.59. The Hall–Kier alpha value is -1.89. The van der Waals surface area contributed by atoms with Crippen LogP contribution >= 0.6 is 12.2 Å². The second-order valence-corrected chi connectivity index (χ2v) is 5.69. The molecule has 0 aliphatic rings. The first kappa shape index (κ1) is 18.2. The van der Waals surface area contributed by atoms with E-state index in [-0.39, 0.29) is 11.4 Å². The third-order valence-electron chi connectivity index (χ3n) is 3.58. The van der Waals surface area contributed by atoms with Crippen molar-refractivity contribution < 1.29 is 4.92 Å². The van der Waals surface area contributed by atoms with Gasteiger partial charge in [-0.25, -0.2) is 0 Å². The molecule has 0 bridgehead atoms. The molecule has 0 amide bonds. The van der Waals surface area contributed by atoms with Gasteiger partial charge in [-0.3, -0.25) is 10.1 Å². The smallest absolute Gasteiger partial charge is 0.294 e. The number of nitrogens with two attached hydrogens (primary N) is 1. The largest absolute Gasteiger partial charge is 0.393 e. The van der Waals surface area contributed by atoms with Crippen molar-refractivity contribution in [1.29, 1.82) is 0 Å². The lowest BCUT2D eigenvalue weighted by molar-refractivity contribution is -0.383. The predicted octanol–water partition coefficient (Wildman–Crippen LogP) is 3.68. The maximum absolute atomic E-state index is 10.9. The number of benzene rings is 1. The lowest BCUT2D eigenvalue weighted by Gasteiger charge is -2.17. The summed E-state index contributed by atoms with van der Waals surface area (Å²) in [6, 6.07) is 4.56. The highest BCUT2D eigenvalue weighted by molar-refractivity contribution is 7.80. The van der Waals surface area contributed by atoms with Crippen molar-refractivity contribution in [2.45, 2.75) is 39.5 Å². The van der Waals surface area contributed by atoms with Crippen molar-refractivity contribution >= 4 is 34.4 Å². The molecule has 1 atom stereocenters. The molecule has 0 saturated carbocycles. The lowest BCUT2D eigenvalue weighted by atomic mass is 9.99. The molecule has 0 heterocycles. The van der Waals surface area contributed by atoms with Crippen LogP contribution in [-0.4, -0.2) is 16.6 Å². The van der Waals surface area contributed by atoms with Crippen molar-refractivity contribution in [3.63, 3.8) is 0 Å². The SMILES string of the molecule is CCCC[C@@H](CC)CNC(=S)Nc1ccc(N)c([N+](=O)[O-])c1. The highest BCUT2D eigenvalue weighted by atomic mass is 32.1. The monoisotopic (exact) mass is 324 g/mol. The summed E-state index contributed by atoms with van der Waals surface area (Å²) < 4.78 is 0. The van der Waals surface area contributed by atoms with Gasteiger partial charge in [0.1, 0.15) is 5.69 Å². The third kappa shape index (κ3) is 5.85. The van der Waals surface area contributed by atoms with E-state index in [1.807, 2.05) is 0 Å². The van der Waals surface area contributed by atoms with Crippen molar-refractivity contribution in [3.05, 3.63) is 28.3 Å². The minimum Gasteiger partial charge on any atom is -0.393 e. The molecule has 1 aromatic rings. The first-order chi connectivity index (χ1) is 10.5. The van der Waals surface area contributed by atoms with Crippen LogP contribution in [0.15, 0.2) is 18.2 Å². The summed E-state index contributed by atoms with van der Waals surface area (Å²) in [5, 5.41) is 17.5. The van der Waals surface area contributed by atoms with Gasteiger partial charge in [-0.05, 0) is 36.7 Å². The Morgan fingerprint density at radius 2 is 2.18 bits per heavy atom.